The zero-order valence-electron chi connectivity index (χ0n) is 18.4. The van der Waals surface area contributed by atoms with Crippen LogP contribution in [0.25, 0.3) is 10.2 Å². The van der Waals surface area contributed by atoms with Gasteiger partial charge in [-0.05, 0) is 43.7 Å². The molecule has 0 bridgehead atoms. The van der Waals surface area contributed by atoms with E-state index < -0.39 is 39.9 Å². The molecule has 0 saturated heterocycles. The summed E-state index contributed by atoms with van der Waals surface area (Å²) in [6, 6.07) is 7.65. The van der Waals surface area contributed by atoms with E-state index in [0.29, 0.717) is 11.8 Å². The van der Waals surface area contributed by atoms with Gasteiger partial charge in [0.2, 0.25) is 5.91 Å². The predicted molar refractivity (Wildman–Crippen MR) is 121 cm³/mol. The molecule has 0 N–H and O–H groups in total. The highest BCUT2D eigenvalue weighted by molar-refractivity contribution is 7.91. The Morgan fingerprint density at radius 2 is 1.85 bits per heavy atom. The van der Waals surface area contributed by atoms with Crippen LogP contribution in [0, 0.1) is 11.6 Å². The summed E-state index contributed by atoms with van der Waals surface area (Å²) in [5.74, 6) is -2.81. The minimum Gasteiger partial charge on any atom is -0.497 e. The number of carbonyl (C=O) groups is 2. The maximum atomic E-state index is 14.4. The molecule has 3 aromatic rings. The third-order valence-corrected chi connectivity index (χ3v) is 7.57. The minimum absolute atomic E-state index is 0.00244. The number of ether oxygens (including phenoxy) is 2. The SMILES string of the molecule is CCOC(=O)Cn1c(=NC(=O)CCCS(=O)(=O)c2ccc(OC)cc2)sc2cc(F)cc(F)c21. The molecule has 3 rings (SSSR count). The Morgan fingerprint density at radius 1 is 1.15 bits per heavy atom. The standard InChI is InChI=1S/C22H22F2N2O6S2/c1-3-32-20(28)13-26-21-17(24)11-14(23)12-18(21)33-22(26)25-19(27)5-4-10-34(29,30)16-8-6-15(31-2)7-9-16/h6-9,11-12H,3-5,10,13H2,1-2H3. The van der Waals surface area contributed by atoms with Crippen molar-refractivity contribution >= 4 is 43.3 Å². The van der Waals surface area contributed by atoms with Crippen LogP contribution in [0.3, 0.4) is 0 Å². The molecule has 1 amide bonds. The van der Waals surface area contributed by atoms with Gasteiger partial charge in [0.1, 0.15) is 18.1 Å². The molecule has 0 saturated carbocycles. The highest BCUT2D eigenvalue weighted by Crippen LogP contribution is 2.23. The summed E-state index contributed by atoms with van der Waals surface area (Å²) in [5, 5.41) is 0. The average molecular weight is 513 g/mol. The molecule has 0 spiro atoms. The summed E-state index contributed by atoms with van der Waals surface area (Å²) < 4.78 is 64.3. The van der Waals surface area contributed by atoms with Crippen LogP contribution in [0.4, 0.5) is 8.78 Å². The second kappa shape index (κ2) is 10.9. The van der Waals surface area contributed by atoms with E-state index in [1.54, 1.807) is 6.92 Å². The Balaban J connectivity index is 1.80. The second-order valence-corrected chi connectivity index (χ2v) is 10.2. The number of halogens is 2. The van der Waals surface area contributed by atoms with E-state index in [1.165, 1.54) is 31.4 Å². The summed E-state index contributed by atoms with van der Waals surface area (Å²) in [5.41, 5.74) is -0.0758. The third-order valence-electron chi connectivity index (χ3n) is 4.73. The highest BCUT2D eigenvalue weighted by Gasteiger charge is 2.18. The molecule has 1 aromatic heterocycles. The van der Waals surface area contributed by atoms with Crippen molar-refractivity contribution in [2.45, 2.75) is 31.2 Å². The first kappa shape index (κ1) is 25.5. The van der Waals surface area contributed by atoms with Crippen LogP contribution in [0.5, 0.6) is 5.75 Å². The molecule has 0 atom stereocenters. The van der Waals surface area contributed by atoms with Gasteiger partial charge in [0.15, 0.2) is 20.5 Å². The average Bonchev–Trinajstić information content (AvgIpc) is 3.10. The summed E-state index contributed by atoms with van der Waals surface area (Å²) in [4.78, 5) is 28.4. The largest absolute Gasteiger partial charge is 0.497 e. The Labute approximate surface area is 198 Å². The maximum Gasteiger partial charge on any atom is 0.326 e. The van der Waals surface area contributed by atoms with Gasteiger partial charge in [-0.15, -0.1) is 0 Å². The molecule has 0 fully saturated rings. The Morgan fingerprint density at radius 3 is 2.50 bits per heavy atom. The number of hydrogen-bond acceptors (Lipinski definition) is 7. The molecule has 1 heterocycles. The minimum atomic E-state index is -3.62. The number of hydrogen-bond donors (Lipinski definition) is 0. The molecular formula is C22H22F2N2O6S2. The predicted octanol–water partition coefficient (Wildman–Crippen LogP) is 3.23. The van der Waals surface area contributed by atoms with Crippen molar-refractivity contribution in [3.05, 3.63) is 52.8 Å². The molecule has 0 aliphatic rings. The molecule has 182 valence electrons. The van der Waals surface area contributed by atoms with Crippen LogP contribution in [0.2, 0.25) is 0 Å². The van der Waals surface area contributed by atoms with Gasteiger partial charge in [-0.25, -0.2) is 17.2 Å². The number of thiazole rings is 1. The van der Waals surface area contributed by atoms with Gasteiger partial charge >= 0.3 is 5.97 Å². The van der Waals surface area contributed by atoms with Gasteiger partial charge in [-0.2, -0.15) is 4.99 Å². The van der Waals surface area contributed by atoms with Crippen LogP contribution < -0.4 is 9.54 Å². The first-order valence-corrected chi connectivity index (χ1v) is 12.7. The molecule has 34 heavy (non-hydrogen) atoms. The molecule has 8 nitrogen and oxygen atoms in total. The lowest BCUT2D eigenvalue weighted by Crippen LogP contribution is -2.23. The first-order valence-electron chi connectivity index (χ1n) is 10.2. The lowest BCUT2D eigenvalue weighted by Gasteiger charge is -2.06. The van der Waals surface area contributed by atoms with E-state index in [0.717, 1.165) is 22.0 Å². The number of fused-ring (bicyclic) bond motifs is 1. The monoisotopic (exact) mass is 512 g/mol. The van der Waals surface area contributed by atoms with Crippen LogP contribution in [0.15, 0.2) is 46.3 Å². The van der Waals surface area contributed by atoms with Crippen molar-refractivity contribution in [2.24, 2.45) is 4.99 Å². The molecule has 0 aliphatic heterocycles. The first-order chi connectivity index (χ1) is 16.1. The van der Waals surface area contributed by atoms with Gasteiger partial charge in [0, 0.05) is 12.5 Å². The van der Waals surface area contributed by atoms with E-state index in [4.69, 9.17) is 9.47 Å². The van der Waals surface area contributed by atoms with Crippen LogP contribution in [-0.4, -0.2) is 44.3 Å². The van der Waals surface area contributed by atoms with Crippen LogP contribution in [0.1, 0.15) is 19.8 Å². The number of benzene rings is 2. The number of methoxy groups -OCH3 is 1. The summed E-state index contributed by atoms with van der Waals surface area (Å²) in [6.45, 7) is 1.29. The van der Waals surface area contributed by atoms with Crippen molar-refractivity contribution in [1.82, 2.24) is 4.57 Å². The second-order valence-electron chi connectivity index (χ2n) is 7.11. The van der Waals surface area contributed by atoms with E-state index in [1.807, 2.05) is 0 Å². The Kier molecular flexibility index (Phi) is 8.15. The van der Waals surface area contributed by atoms with Crippen LogP contribution in [-0.2, 0) is 30.7 Å². The fourth-order valence-corrected chi connectivity index (χ4v) is 5.57. The number of esters is 1. The Hall–Kier alpha value is -3.12. The molecule has 0 aliphatic carbocycles. The number of nitrogens with zero attached hydrogens (tertiary/aromatic N) is 2. The van der Waals surface area contributed by atoms with Gasteiger partial charge < -0.3 is 14.0 Å². The number of sulfone groups is 1. The van der Waals surface area contributed by atoms with E-state index in [9.17, 15) is 26.8 Å². The number of rotatable bonds is 9. The zero-order chi connectivity index (χ0) is 24.9. The normalized spacial score (nSPS) is 12.2. The topological polar surface area (TPSA) is 104 Å². The van der Waals surface area contributed by atoms with Gasteiger partial charge in [-0.3, -0.25) is 9.59 Å². The summed E-state index contributed by atoms with van der Waals surface area (Å²) >= 11 is 0.838. The van der Waals surface area contributed by atoms with E-state index in [2.05, 4.69) is 4.99 Å². The molecule has 2 aromatic carbocycles. The maximum absolute atomic E-state index is 14.4. The third kappa shape index (κ3) is 6.06. The molecular weight excluding hydrogens is 490 g/mol. The lowest BCUT2D eigenvalue weighted by molar-refractivity contribution is -0.143. The molecule has 0 unspecified atom stereocenters. The van der Waals surface area contributed by atoms with Crippen molar-refractivity contribution in [3.63, 3.8) is 0 Å². The fraction of sp³-hybridized carbons (Fsp3) is 0.318. The lowest BCUT2D eigenvalue weighted by atomic mass is 10.3. The molecule has 12 heteroatoms. The smallest absolute Gasteiger partial charge is 0.326 e. The van der Waals surface area contributed by atoms with Crippen molar-refractivity contribution in [1.29, 1.82) is 0 Å². The molecule has 0 radical (unpaired) electrons. The summed E-state index contributed by atoms with van der Waals surface area (Å²) in [6.07, 6.45) is -0.192. The van der Waals surface area contributed by atoms with E-state index in [-0.39, 0.29) is 45.1 Å². The summed E-state index contributed by atoms with van der Waals surface area (Å²) in [7, 11) is -2.15. The van der Waals surface area contributed by atoms with E-state index >= 15 is 0 Å². The quantitative estimate of drug-likeness (QED) is 0.408. The van der Waals surface area contributed by atoms with Crippen LogP contribution >= 0.6 is 11.3 Å². The van der Waals surface area contributed by atoms with Gasteiger partial charge in [0.25, 0.3) is 0 Å². The highest BCUT2D eigenvalue weighted by atomic mass is 32.2. The zero-order valence-corrected chi connectivity index (χ0v) is 20.0. The Bertz CT molecular complexity index is 1380. The number of aromatic nitrogens is 1. The van der Waals surface area contributed by atoms with Gasteiger partial charge in [-0.1, -0.05) is 11.3 Å². The van der Waals surface area contributed by atoms with Crippen molar-refractivity contribution < 1.29 is 36.3 Å². The number of amides is 1. The van der Waals surface area contributed by atoms with Crippen molar-refractivity contribution in [2.75, 3.05) is 19.5 Å². The van der Waals surface area contributed by atoms with Crippen molar-refractivity contribution in [3.8, 4) is 5.75 Å². The van der Waals surface area contributed by atoms with Gasteiger partial charge in [0.05, 0.1) is 34.6 Å². The fourth-order valence-electron chi connectivity index (χ4n) is 3.17. The number of carbonyl (C=O) groups excluding carboxylic acids is 2.